The summed E-state index contributed by atoms with van der Waals surface area (Å²) < 4.78 is 0.842. The summed E-state index contributed by atoms with van der Waals surface area (Å²) in [4.78, 5) is 26.4. The molecule has 0 bridgehead atoms. The van der Waals surface area contributed by atoms with Crippen LogP contribution in [0.1, 0.15) is 29.6 Å². The molecule has 0 aliphatic carbocycles. The molecule has 0 spiro atoms. The molecule has 6 heteroatoms. The Balaban J connectivity index is 1.52. The van der Waals surface area contributed by atoms with E-state index in [2.05, 4.69) is 26.6 Å². The van der Waals surface area contributed by atoms with Crippen LogP contribution in [0.5, 0.6) is 0 Å². The maximum atomic E-state index is 12.4. The lowest BCUT2D eigenvalue weighted by Crippen LogP contribution is -2.35. The monoisotopic (exact) mass is 415 g/mol. The molecular weight excluding hydrogens is 394 g/mol. The number of nitrogens with zero attached hydrogens (tertiary/aromatic N) is 1. The lowest BCUT2D eigenvalue weighted by Gasteiger charge is -2.26. The summed E-state index contributed by atoms with van der Waals surface area (Å²) in [6.07, 6.45) is 3.37. The number of halogens is 1. The molecule has 0 atom stereocenters. The van der Waals surface area contributed by atoms with Gasteiger partial charge in [0.15, 0.2) is 0 Å². The Morgan fingerprint density at radius 1 is 0.962 bits per heavy atom. The summed E-state index contributed by atoms with van der Waals surface area (Å²) in [5, 5.41) is 5.92. The molecule has 3 rings (SSSR count). The van der Waals surface area contributed by atoms with Gasteiger partial charge in [-0.1, -0.05) is 12.1 Å². The van der Waals surface area contributed by atoms with Gasteiger partial charge >= 0.3 is 0 Å². The van der Waals surface area contributed by atoms with Crippen LogP contribution in [0.2, 0.25) is 0 Å². The van der Waals surface area contributed by atoms with E-state index in [-0.39, 0.29) is 18.4 Å². The van der Waals surface area contributed by atoms with Gasteiger partial charge in [-0.2, -0.15) is 0 Å². The van der Waals surface area contributed by atoms with Crippen molar-refractivity contribution in [1.82, 2.24) is 4.90 Å². The zero-order valence-electron chi connectivity index (χ0n) is 14.5. The van der Waals surface area contributed by atoms with Crippen LogP contribution in [0, 0.1) is 0 Å². The number of anilines is 2. The van der Waals surface area contributed by atoms with Gasteiger partial charge in [0, 0.05) is 28.8 Å². The lowest BCUT2D eigenvalue weighted by atomic mass is 10.1. The molecule has 2 aromatic carbocycles. The number of hydrogen-bond donors (Lipinski definition) is 2. The average molecular weight is 416 g/mol. The Kier molecular flexibility index (Phi) is 6.28. The van der Waals surface area contributed by atoms with Crippen LogP contribution < -0.4 is 10.6 Å². The molecule has 0 unspecified atom stereocenters. The predicted octanol–water partition coefficient (Wildman–Crippen LogP) is 4.13. The number of carbonyl (C=O) groups excluding carboxylic acids is 2. The first kappa shape index (κ1) is 18.5. The minimum Gasteiger partial charge on any atom is -0.376 e. The smallest absolute Gasteiger partial charge is 0.253 e. The number of rotatable bonds is 5. The number of likely N-dealkylation sites (tertiary alicyclic amines) is 1. The molecule has 1 heterocycles. The van der Waals surface area contributed by atoms with Gasteiger partial charge in [-0.05, 0) is 71.6 Å². The van der Waals surface area contributed by atoms with E-state index in [9.17, 15) is 9.59 Å². The number of hydrogen-bond acceptors (Lipinski definition) is 3. The highest BCUT2D eigenvalue weighted by molar-refractivity contribution is 9.10. The molecule has 136 valence electrons. The zero-order chi connectivity index (χ0) is 18.4. The Morgan fingerprint density at radius 2 is 1.65 bits per heavy atom. The molecule has 2 aromatic rings. The second kappa shape index (κ2) is 8.85. The average Bonchev–Trinajstić information content (AvgIpc) is 2.69. The minimum absolute atomic E-state index is 0.0860. The fourth-order valence-electron chi connectivity index (χ4n) is 2.95. The van der Waals surface area contributed by atoms with Crippen molar-refractivity contribution in [3.8, 4) is 0 Å². The van der Waals surface area contributed by atoms with Gasteiger partial charge in [-0.25, -0.2) is 0 Å². The maximum absolute atomic E-state index is 12.4. The van der Waals surface area contributed by atoms with Gasteiger partial charge in [-0.15, -0.1) is 0 Å². The highest BCUT2D eigenvalue weighted by atomic mass is 79.9. The highest BCUT2D eigenvalue weighted by Gasteiger charge is 2.17. The molecule has 0 aromatic heterocycles. The number of amides is 2. The summed E-state index contributed by atoms with van der Waals surface area (Å²) in [7, 11) is 0. The summed E-state index contributed by atoms with van der Waals surface area (Å²) >= 11 is 3.40. The SMILES string of the molecule is O=C(CNc1ccc(C(=O)N2CCCCC2)cc1)Nc1ccccc1Br. The molecule has 0 radical (unpaired) electrons. The number of piperidine rings is 1. The molecule has 2 amide bonds. The largest absolute Gasteiger partial charge is 0.376 e. The van der Waals surface area contributed by atoms with E-state index < -0.39 is 0 Å². The third kappa shape index (κ3) is 4.85. The molecule has 0 saturated carbocycles. The molecule has 1 saturated heterocycles. The highest BCUT2D eigenvalue weighted by Crippen LogP contribution is 2.21. The normalized spacial score (nSPS) is 14.0. The van der Waals surface area contributed by atoms with E-state index in [4.69, 9.17) is 0 Å². The van der Waals surface area contributed by atoms with Gasteiger partial charge in [0.25, 0.3) is 5.91 Å². The number of para-hydroxylation sites is 1. The van der Waals surface area contributed by atoms with Crippen molar-refractivity contribution in [2.75, 3.05) is 30.3 Å². The van der Waals surface area contributed by atoms with E-state index >= 15 is 0 Å². The van der Waals surface area contributed by atoms with E-state index in [1.165, 1.54) is 6.42 Å². The third-order valence-electron chi connectivity index (χ3n) is 4.38. The van der Waals surface area contributed by atoms with Crippen molar-refractivity contribution in [3.63, 3.8) is 0 Å². The van der Waals surface area contributed by atoms with E-state index in [1.54, 1.807) is 0 Å². The fraction of sp³-hybridized carbons (Fsp3) is 0.300. The lowest BCUT2D eigenvalue weighted by molar-refractivity contribution is -0.114. The summed E-state index contributed by atoms with van der Waals surface area (Å²) in [5.74, 6) is -0.0479. The van der Waals surface area contributed by atoms with Crippen LogP contribution >= 0.6 is 15.9 Å². The first-order valence-electron chi connectivity index (χ1n) is 8.81. The summed E-state index contributed by atoms with van der Waals surface area (Å²) in [6, 6.07) is 14.8. The molecule has 1 aliphatic heterocycles. The molecule has 1 fully saturated rings. The van der Waals surface area contributed by atoms with E-state index in [0.717, 1.165) is 41.8 Å². The van der Waals surface area contributed by atoms with E-state index in [1.807, 2.05) is 53.4 Å². The number of carbonyl (C=O) groups is 2. The standard InChI is InChI=1S/C20H22BrN3O2/c21-17-6-2-3-7-18(17)23-19(25)14-22-16-10-8-15(9-11-16)20(26)24-12-4-1-5-13-24/h2-3,6-11,22H,1,4-5,12-14H2,(H,23,25). The first-order chi connectivity index (χ1) is 12.6. The van der Waals surface area contributed by atoms with Gasteiger partial charge in [0.2, 0.25) is 5.91 Å². The molecular formula is C20H22BrN3O2. The topological polar surface area (TPSA) is 61.4 Å². The molecule has 26 heavy (non-hydrogen) atoms. The quantitative estimate of drug-likeness (QED) is 0.771. The van der Waals surface area contributed by atoms with Crippen LogP contribution in [-0.4, -0.2) is 36.3 Å². The van der Waals surface area contributed by atoms with Gasteiger partial charge in [0.1, 0.15) is 0 Å². The second-order valence-electron chi connectivity index (χ2n) is 6.31. The molecule has 1 aliphatic rings. The third-order valence-corrected chi connectivity index (χ3v) is 5.07. The van der Waals surface area contributed by atoms with Crippen LogP contribution in [0.3, 0.4) is 0 Å². The van der Waals surface area contributed by atoms with Crippen molar-refractivity contribution < 1.29 is 9.59 Å². The van der Waals surface area contributed by atoms with Gasteiger partial charge < -0.3 is 15.5 Å². The number of benzene rings is 2. The van der Waals surface area contributed by atoms with Crippen LogP contribution in [0.15, 0.2) is 53.0 Å². The van der Waals surface area contributed by atoms with Crippen molar-refractivity contribution in [2.45, 2.75) is 19.3 Å². The van der Waals surface area contributed by atoms with Crippen molar-refractivity contribution >= 4 is 39.1 Å². The van der Waals surface area contributed by atoms with E-state index in [0.29, 0.717) is 5.56 Å². The fourth-order valence-corrected chi connectivity index (χ4v) is 3.33. The Bertz CT molecular complexity index is 771. The molecule has 2 N–H and O–H groups in total. The van der Waals surface area contributed by atoms with Crippen molar-refractivity contribution in [1.29, 1.82) is 0 Å². The maximum Gasteiger partial charge on any atom is 0.253 e. The summed E-state index contributed by atoms with van der Waals surface area (Å²) in [5.41, 5.74) is 2.24. The minimum atomic E-state index is -0.134. The van der Waals surface area contributed by atoms with Crippen LogP contribution in [0.4, 0.5) is 11.4 Å². The zero-order valence-corrected chi connectivity index (χ0v) is 16.1. The number of nitrogens with one attached hydrogen (secondary N) is 2. The van der Waals surface area contributed by atoms with Gasteiger partial charge in [0.05, 0.1) is 12.2 Å². The first-order valence-corrected chi connectivity index (χ1v) is 9.60. The predicted molar refractivity (Wildman–Crippen MR) is 107 cm³/mol. The van der Waals surface area contributed by atoms with Crippen molar-refractivity contribution in [2.24, 2.45) is 0 Å². The van der Waals surface area contributed by atoms with Gasteiger partial charge in [-0.3, -0.25) is 9.59 Å². The van der Waals surface area contributed by atoms with Crippen LogP contribution in [0.25, 0.3) is 0 Å². The Labute approximate surface area is 161 Å². The molecule has 5 nitrogen and oxygen atoms in total. The van der Waals surface area contributed by atoms with Crippen molar-refractivity contribution in [3.05, 3.63) is 58.6 Å². The Morgan fingerprint density at radius 3 is 2.35 bits per heavy atom. The second-order valence-corrected chi connectivity index (χ2v) is 7.17. The van der Waals surface area contributed by atoms with Crippen LogP contribution in [-0.2, 0) is 4.79 Å². The Hall–Kier alpha value is -2.34. The summed E-state index contributed by atoms with van der Waals surface area (Å²) in [6.45, 7) is 1.84.